The molecule has 11 nitrogen and oxygen atoms in total. The standard InChI is InChI=1S/C34H41ClN4O7S/c1-5-29(34(41)36-27-9-7-6-8-10-27)37(21-25-14-11-23(2)12-15-25)33(40)22-38(31-19-26(35)16-18-32(31)46-4)47(44,45)28-17-13-24(3)30(20-28)39(42)43/h11-20,27,29H,5-10,21-22H2,1-4H3,(H,36,41). The molecule has 47 heavy (non-hydrogen) atoms. The van der Waals surface area contributed by atoms with E-state index in [0.29, 0.717) is 0 Å². The number of ether oxygens (including phenoxy) is 1. The molecule has 3 aromatic carbocycles. The van der Waals surface area contributed by atoms with Crippen LogP contribution in [0.3, 0.4) is 0 Å². The Hall–Kier alpha value is -4.16. The number of halogens is 1. The summed E-state index contributed by atoms with van der Waals surface area (Å²) >= 11 is 6.31. The fourth-order valence-electron chi connectivity index (χ4n) is 5.80. The van der Waals surface area contributed by atoms with Crippen LogP contribution in [-0.2, 0) is 26.2 Å². The number of hydrogen-bond acceptors (Lipinski definition) is 7. The van der Waals surface area contributed by atoms with Gasteiger partial charge in [-0.15, -0.1) is 0 Å². The van der Waals surface area contributed by atoms with Gasteiger partial charge in [-0.25, -0.2) is 8.42 Å². The third-order valence-electron chi connectivity index (χ3n) is 8.46. The molecule has 0 bridgehead atoms. The van der Waals surface area contributed by atoms with Crippen LogP contribution in [0.25, 0.3) is 0 Å². The van der Waals surface area contributed by atoms with E-state index in [4.69, 9.17) is 16.3 Å². The molecule has 0 spiro atoms. The zero-order chi connectivity index (χ0) is 34.3. The molecule has 1 unspecified atom stereocenters. The van der Waals surface area contributed by atoms with Gasteiger partial charge in [-0.2, -0.15) is 0 Å². The van der Waals surface area contributed by atoms with Gasteiger partial charge in [-0.05, 0) is 62.9 Å². The van der Waals surface area contributed by atoms with Gasteiger partial charge in [0.2, 0.25) is 11.8 Å². The van der Waals surface area contributed by atoms with Gasteiger partial charge in [0.15, 0.2) is 0 Å². The Bertz CT molecular complexity index is 1710. The highest BCUT2D eigenvalue weighted by Crippen LogP contribution is 2.36. The van der Waals surface area contributed by atoms with Crippen molar-refractivity contribution in [3.05, 3.63) is 92.5 Å². The molecule has 2 amide bonds. The maximum absolute atomic E-state index is 14.4. The van der Waals surface area contributed by atoms with Crippen LogP contribution in [0.1, 0.15) is 62.1 Å². The third-order valence-corrected chi connectivity index (χ3v) is 10.5. The molecule has 1 atom stereocenters. The Labute approximate surface area is 281 Å². The average molecular weight is 685 g/mol. The molecule has 0 aliphatic heterocycles. The van der Waals surface area contributed by atoms with Crippen LogP contribution in [0.4, 0.5) is 11.4 Å². The number of nitrogens with zero attached hydrogens (tertiary/aromatic N) is 3. The summed E-state index contributed by atoms with van der Waals surface area (Å²) in [5, 5.41) is 15.0. The molecule has 0 aromatic heterocycles. The van der Waals surface area contributed by atoms with Gasteiger partial charge in [0.25, 0.3) is 15.7 Å². The van der Waals surface area contributed by atoms with Gasteiger partial charge in [0, 0.05) is 29.2 Å². The van der Waals surface area contributed by atoms with E-state index in [1.165, 1.54) is 49.3 Å². The SMILES string of the molecule is CCC(C(=O)NC1CCCCC1)N(Cc1ccc(C)cc1)C(=O)CN(c1cc(Cl)ccc1OC)S(=O)(=O)c1ccc(C)c([N+](=O)[O-])c1. The number of methoxy groups -OCH3 is 1. The molecule has 0 saturated heterocycles. The number of anilines is 1. The number of hydrogen-bond donors (Lipinski definition) is 1. The van der Waals surface area contributed by atoms with Crippen molar-refractivity contribution in [1.82, 2.24) is 10.2 Å². The zero-order valence-electron chi connectivity index (χ0n) is 27.1. The van der Waals surface area contributed by atoms with E-state index >= 15 is 0 Å². The lowest BCUT2D eigenvalue weighted by Gasteiger charge is -2.34. The normalized spacial score (nSPS) is 14.2. The Balaban J connectivity index is 1.80. The first-order valence-electron chi connectivity index (χ1n) is 15.6. The number of rotatable bonds is 13. The Morgan fingerprint density at radius 2 is 1.72 bits per heavy atom. The smallest absolute Gasteiger partial charge is 0.273 e. The highest BCUT2D eigenvalue weighted by molar-refractivity contribution is 7.92. The summed E-state index contributed by atoms with van der Waals surface area (Å²) in [6.07, 6.45) is 5.14. The summed E-state index contributed by atoms with van der Waals surface area (Å²) < 4.78 is 35.0. The van der Waals surface area contributed by atoms with E-state index in [9.17, 15) is 28.1 Å². The number of nitrogens with one attached hydrogen (secondary N) is 1. The maximum atomic E-state index is 14.4. The Morgan fingerprint density at radius 1 is 1.04 bits per heavy atom. The number of sulfonamides is 1. The molecule has 1 saturated carbocycles. The highest BCUT2D eigenvalue weighted by atomic mass is 35.5. The molecule has 1 N–H and O–H groups in total. The first-order valence-corrected chi connectivity index (χ1v) is 17.4. The van der Waals surface area contributed by atoms with Gasteiger partial charge in [-0.1, -0.05) is 73.7 Å². The number of aryl methyl sites for hydroxylation is 2. The van der Waals surface area contributed by atoms with Crippen LogP contribution < -0.4 is 14.4 Å². The van der Waals surface area contributed by atoms with Gasteiger partial charge in [0.05, 0.1) is 22.6 Å². The monoisotopic (exact) mass is 684 g/mol. The molecule has 0 heterocycles. The molecule has 0 radical (unpaired) electrons. The van der Waals surface area contributed by atoms with Crippen molar-refractivity contribution in [2.75, 3.05) is 18.0 Å². The summed E-state index contributed by atoms with van der Waals surface area (Å²) in [6.45, 7) is 4.56. The predicted molar refractivity (Wildman–Crippen MR) is 181 cm³/mol. The fourth-order valence-corrected chi connectivity index (χ4v) is 7.40. The molecule has 252 valence electrons. The van der Waals surface area contributed by atoms with E-state index in [0.717, 1.165) is 53.6 Å². The number of carbonyl (C=O) groups excluding carboxylic acids is 2. The number of amides is 2. The van der Waals surface area contributed by atoms with Crippen LogP contribution in [0.15, 0.2) is 65.6 Å². The molecular formula is C34H41ClN4O7S. The van der Waals surface area contributed by atoms with Crippen LogP contribution >= 0.6 is 11.6 Å². The summed E-state index contributed by atoms with van der Waals surface area (Å²) in [5.74, 6) is -0.841. The lowest BCUT2D eigenvalue weighted by atomic mass is 9.95. The first-order chi connectivity index (χ1) is 22.3. The van der Waals surface area contributed by atoms with Crippen LogP contribution in [0.5, 0.6) is 5.75 Å². The molecular weight excluding hydrogens is 644 g/mol. The second-order valence-corrected chi connectivity index (χ2v) is 14.1. The van der Waals surface area contributed by atoms with E-state index in [1.807, 2.05) is 31.2 Å². The fraction of sp³-hybridized carbons (Fsp3) is 0.412. The van der Waals surface area contributed by atoms with Crippen molar-refractivity contribution >= 4 is 44.8 Å². The minimum Gasteiger partial charge on any atom is -0.495 e. The van der Waals surface area contributed by atoms with Crippen molar-refractivity contribution < 1.29 is 27.7 Å². The number of carbonyl (C=O) groups is 2. The van der Waals surface area contributed by atoms with Gasteiger partial charge >= 0.3 is 0 Å². The summed E-state index contributed by atoms with van der Waals surface area (Å²) in [5.41, 5.74) is 1.63. The molecule has 3 aromatic rings. The van der Waals surface area contributed by atoms with E-state index in [1.54, 1.807) is 6.92 Å². The molecule has 4 rings (SSSR count). The quantitative estimate of drug-likeness (QED) is 0.164. The topological polar surface area (TPSA) is 139 Å². The number of benzene rings is 3. The minimum atomic E-state index is -4.62. The number of nitro groups is 1. The van der Waals surface area contributed by atoms with Crippen LogP contribution in [-0.4, -0.2) is 55.8 Å². The zero-order valence-corrected chi connectivity index (χ0v) is 28.6. The van der Waals surface area contributed by atoms with Gasteiger partial charge < -0.3 is 15.0 Å². The van der Waals surface area contributed by atoms with Crippen molar-refractivity contribution in [3.63, 3.8) is 0 Å². The van der Waals surface area contributed by atoms with Crippen molar-refractivity contribution in [1.29, 1.82) is 0 Å². The number of nitro benzene ring substituents is 1. The molecule has 13 heteroatoms. The second-order valence-electron chi connectivity index (χ2n) is 11.8. The van der Waals surface area contributed by atoms with E-state index < -0.39 is 38.3 Å². The predicted octanol–water partition coefficient (Wildman–Crippen LogP) is 6.33. The van der Waals surface area contributed by atoms with Gasteiger partial charge in [-0.3, -0.25) is 24.0 Å². The molecule has 1 aliphatic rings. The van der Waals surface area contributed by atoms with Gasteiger partial charge in [0.1, 0.15) is 18.3 Å². The van der Waals surface area contributed by atoms with E-state index in [2.05, 4.69) is 5.32 Å². The van der Waals surface area contributed by atoms with E-state index in [-0.39, 0.29) is 52.6 Å². The minimum absolute atomic E-state index is 0.00607. The maximum Gasteiger partial charge on any atom is 0.273 e. The summed E-state index contributed by atoms with van der Waals surface area (Å²) in [6, 6.07) is 14.5. The Morgan fingerprint density at radius 3 is 2.34 bits per heavy atom. The van der Waals surface area contributed by atoms with Crippen LogP contribution in [0.2, 0.25) is 5.02 Å². The van der Waals surface area contributed by atoms with Crippen LogP contribution in [0, 0.1) is 24.0 Å². The first kappa shape index (κ1) is 35.7. The lowest BCUT2D eigenvalue weighted by Crippen LogP contribution is -2.54. The van der Waals surface area contributed by atoms with Crippen molar-refractivity contribution in [2.24, 2.45) is 0 Å². The third kappa shape index (κ3) is 8.61. The van der Waals surface area contributed by atoms with Crippen molar-refractivity contribution in [2.45, 2.75) is 82.8 Å². The molecule has 1 aliphatic carbocycles. The van der Waals surface area contributed by atoms with Crippen molar-refractivity contribution in [3.8, 4) is 5.75 Å². The average Bonchev–Trinajstić information content (AvgIpc) is 3.04. The summed E-state index contributed by atoms with van der Waals surface area (Å²) in [7, 11) is -3.27. The second kappa shape index (κ2) is 15.6. The summed E-state index contributed by atoms with van der Waals surface area (Å²) in [4.78, 5) is 40.3. The highest BCUT2D eigenvalue weighted by Gasteiger charge is 2.36. The largest absolute Gasteiger partial charge is 0.495 e. The Kier molecular flexibility index (Phi) is 11.9. The lowest BCUT2D eigenvalue weighted by molar-refractivity contribution is -0.385. The molecule has 1 fully saturated rings.